The van der Waals surface area contributed by atoms with E-state index < -0.39 is 0 Å². The lowest BCUT2D eigenvalue weighted by Crippen LogP contribution is -2.37. The fourth-order valence-electron chi connectivity index (χ4n) is 2.00. The van der Waals surface area contributed by atoms with Crippen LogP contribution in [0.3, 0.4) is 0 Å². The van der Waals surface area contributed by atoms with Crippen LogP contribution in [-0.4, -0.2) is 39.0 Å². The van der Waals surface area contributed by atoms with E-state index >= 15 is 0 Å². The molecular formula is C11H16BrN3O. The minimum Gasteiger partial charge on any atom is -0.340 e. The highest BCUT2D eigenvalue weighted by Crippen LogP contribution is 2.33. The number of aryl methyl sites for hydroxylation is 1. The summed E-state index contributed by atoms with van der Waals surface area (Å²) in [5.74, 6) is 0.653. The standard InChI is InChI=1S/C11H16BrN3O/c1-14(7-8-5-9(12)6-8)11(16)10-3-4-15(2)13-10/h3-4,8-9H,5-7H2,1-2H3. The van der Waals surface area contributed by atoms with Gasteiger partial charge in [-0.05, 0) is 24.8 Å². The number of carbonyl (C=O) groups excluding carboxylic acids is 1. The number of nitrogens with zero attached hydrogens (tertiary/aromatic N) is 3. The molecule has 1 fully saturated rings. The molecule has 0 bridgehead atoms. The smallest absolute Gasteiger partial charge is 0.274 e. The third-order valence-electron chi connectivity index (χ3n) is 2.99. The Hall–Kier alpha value is -0.840. The Morgan fingerprint density at radius 3 is 2.88 bits per heavy atom. The molecule has 1 heterocycles. The van der Waals surface area contributed by atoms with Gasteiger partial charge < -0.3 is 4.90 Å². The SMILES string of the molecule is CN(CC1CC(Br)C1)C(=O)c1ccn(C)n1. The van der Waals surface area contributed by atoms with E-state index in [0.717, 1.165) is 6.54 Å². The molecular weight excluding hydrogens is 270 g/mol. The molecule has 1 amide bonds. The first-order valence-corrected chi connectivity index (χ1v) is 6.37. The zero-order valence-corrected chi connectivity index (χ0v) is 11.1. The summed E-state index contributed by atoms with van der Waals surface area (Å²) in [5, 5.41) is 4.11. The number of rotatable bonds is 3. The largest absolute Gasteiger partial charge is 0.340 e. The average Bonchev–Trinajstić information content (AvgIpc) is 2.61. The van der Waals surface area contributed by atoms with Gasteiger partial charge in [-0.15, -0.1) is 0 Å². The normalized spacial score (nSPS) is 23.9. The van der Waals surface area contributed by atoms with Crippen molar-refractivity contribution >= 4 is 21.8 Å². The van der Waals surface area contributed by atoms with Crippen LogP contribution in [0.15, 0.2) is 12.3 Å². The Bertz CT molecular complexity index is 384. The van der Waals surface area contributed by atoms with Crippen LogP contribution >= 0.6 is 15.9 Å². The van der Waals surface area contributed by atoms with Gasteiger partial charge in [0.05, 0.1) is 0 Å². The summed E-state index contributed by atoms with van der Waals surface area (Å²) < 4.78 is 1.65. The molecule has 1 saturated carbocycles. The molecule has 0 radical (unpaired) electrons. The fourth-order valence-corrected chi connectivity index (χ4v) is 3.06. The second-order valence-corrected chi connectivity index (χ2v) is 5.79. The zero-order valence-electron chi connectivity index (χ0n) is 9.56. The van der Waals surface area contributed by atoms with Crippen LogP contribution in [0.4, 0.5) is 0 Å². The van der Waals surface area contributed by atoms with E-state index in [1.807, 2.05) is 14.1 Å². The number of carbonyl (C=O) groups is 1. The molecule has 0 saturated heterocycles. The van der Waals surface area contributed by atoms with Crippen molar-refractivity contribution in [1.29, 1.82) is 0 Å². The summed E-state index contributed by atoms with van der Waals surface area (Å²) in [6, 6.07) is 1.76. The predicted molar refractivity (Wildman–Crippen MR) is 65.6 cm³/mol. The third-order valence-corrected chi connectivity index (χ3v) is 3.74. The Balaban J connectivity index is 1.89. The second kappa shape index (κ2) is 4.57. The van der Waals surface area contributed by atoms with E-state index in [1.165, 1.54) is 12.8 Å². The van der Waals surface area contributed by atoms with Gasteiger partial charge in [0.15, 0.2) is 0 Å². The van der Waals surface area contributed by atoms with Gasteiger partial charge in [-0.2, -0.15) is 5.10 Å². The van der Waals surface area contributed by atoms with Crippen LogP contribution in [0.5, 0.6) is 0 Å². The lowest BCUT2D eigenvalue weighted by molar-refractivity contribution is 0.0742. The van der Waals surface area contributed by atoms with Crippen molar-refractivity contribution in [2.75, 3.05) is 13.6 Å². The van der Waals surface area contributed by atoms with Gasteiger partial charge in [-0.25, -0.2) is 0 Å². The molecule has 1 aromatic rings. The first-order chi connectivity index (χ1) is 7.56. The van der Waals surface area contributed by atoms with Crippen molar-refractivity contribution < 1.29 is 4.79 Å². The van der Waals surface area contributed by atoms with Crippen LogP contribution in [0, 0.1) is 5.92 Å². The van der Waals surface area contributed by atoms with E-state index in [9.17, 15) is 4.79 Å². The Morgan fingerprint density at radius 1 is 1.69 bits per heavy atom. The fraction of sp³-hybridized carbons (Fsp3) is 0.636. The highest BCUT2D eigenvalue weighted by molar-refractivity contribution is 9.09. The Labute approximate surface area is 104 Å². The summed E-state index contributed by atoms with van der Waals surface area (Å²) >= 11 is 3.56. The van der Waals surface area contributed by atoms with Crippen molar-refractivity contribution in [3.05, 3.63) is 18.0 Å². The van der Waals surface area contributed by atoms with Crippen LogP contribution in [0.1, 0.15) is 23.3 Å². The first kappa shape index (κ1) is 11.6. The van der Waals surface area contributed by atoms with Crippen LogP contribution in [0.25, 0.3) is 0 Å². The van der Waals surface area contributed by atoms with Crippen LogP contribution in [0.2, 0.25) is 0 Å². The molecule has 0 atom stereocenters. The maximum Gasteiger partial charge on any atom is 0.274 e. The molecule has 2 rings (SSSR count). The molecule has 5 heteroatoms. The quantitative estimate of drug-likeness (QED) is 0.793. The topological polar surface area (TPSA) is 38.1 Å². The van der Waals surface area contributed by atoms with Gasteiger partial charge in [0.25, 0.3) is 5.91 Å². The van der Waals surface area contributed by atoms with E-state index in [4.69, 9.17) is 0 Å². The molecule has 4 nitrogen and oxygen atoms in total. The monoisotopic (exact) mass is 285 g/mol. The Morgan fingerprint density at radius 2 is 2.38 bits per heavy atom. The van der Waals surface area contributed by atoms with Gasteiger partial charge >= 0.3 is 0 Å². The van der Waals surface area contributed by atoms with Gasteiger partial charge in [-0.3, -0.25) is 9.48 Å². The van der Waals surface area contributed by atoms with Gasteiger partial charge in [0.1, 0.15) is 5.69 Å². The highest BCUT2D eigenvalue weighted by Gasteiger charge is 2.29. The number of hydrogen-bond donors (Lipinski definition) is 0. The molecule has 0 aliphatic heterocycles. The maximum absolute atomic E-state index is 12.0. The van der Waals surface area contributed by atoms with Crippen molar-refractivity contribution in [2.45, 2.75) is 17.7 Å². The number of amides is 1. The zero-order chi connectivity index (χ0) is 11.7. The molecule has 0 spiro atoms. The molecule has 0 N–H and O–H groups in total. The van der Waals surface area contributed by atoms with Crippen molar-refractivity contribution in [1.82, 2.24) is 14.7 Å². The molecule has 0 aromatic carbocycles. The van der Waals surface area contributed by atoms with Crippen molar-refractivity contribution in [2.24, 2.45) is 13.0 Å². The number of aromatic nitrogens is 2. The summed E-state index contributed by atoms with van der Waals surface area (Å²) in [7, 11) is 3.66. The minimum absolute atomic E-state index is 0.0126. The van der Waals surface area contributed by atoms with Crippen molar-refractivity contribution in [3.63, 3.8) is 0 Å². The van der Waals surface area contributed by atoms with E-state index in [-0.39, 0.29) is 5.91 Å². The number of halogens is 1. The summed E-state index contributed by atoms with van der Waals surface area (Å²) in [6.07, 6.45) is 4.12. The molecule has 1 aliphatic carbocycles. The van der Waals surface area contributed by atoms with Crippen LogP contribution in [-0.2, 0) is 7.05 Å². The maximum atomic E-state index is 12.0. The average molecular weight is 286 g/mol. The molecule has 1 aromatic heterocycles. The lowest BCUT2D eigenvalue weighted by atomic mass is 9.85. The van der Waals surface area contributed by atoms with Gasteiger partial charge in [0, 0.05) is 31.7 Å². The van der Waals surface area contributed by atoms with Crippen LogP contribution < -0.4 is 0 Å². The third kappa shape index (κ3) is 2.45. The predicted octanol–water partition coefficient (Wildman–Crippen LogP) is 1.67. The summed E-state index contributed by atoms with van der Waals surface area (Å²) in [4.78, 5) is 14.4. The molecule has 88 valence electrons. The molecule has 0 unspecified atom stereocenters. The van der Waals surface area contributed by atoms with Gasteiger partial charge in [-0.1, -0.05) is 15.9 Å². The minimum atomic E-state index is 0.0126. The first-order valence-electron chi connectivity index (χ1n) is 5.45. The molecule has 16 heavy (non-hydrogen) atoms. The van der Waals surface area contributed by atoms with E-state index in [0.29, 0.717) is 16.4 Å². The number of hydrogen-bond acceptors (Lipinski definition) is 2. The summed E-state index contributed by atoms with van der Waals surface area (Å²) in [6.45, 7) is 0.831. The van der Waals surface area contributed by atoms with Crippen molar-refractivity contribution in [3.8, 4) is 0 Å². The molecule has 1 aliphatic rings. The second-order valence-electron chi connectivity index (χ2n) is 4.50. The lowest BCUT2D eigenvalue weighted by Gasteiger charge is -2.34. The Kier molecular flexibility index (Phi) is 3.33. The highest BCUT2D eigenvalue weighted by atomic mass is 79.9. The van der Waals surface area contributed by atoms with E-state index in [2.05, 4.69) is 21.0 Å². The van der Waals surface area contributed by atoms with Gasteiger partial charge in [0.2, 0.25) is 0 Å². The summed E-state index contributed by atoms with van der Waals surface area (Å²) in [5.41, 5.74) is 0.528. The number of alkyl halides is 1. The van der Waals surface area contributed by atoms with E-state index in [1.54, 1.807) is 21.8 Å².